The van der Waals surface area contributed by atoms with Gasteiger partial charge in [0, 0.05) is 31.7 Å². The predicted octanol–water partition coefficient (Wildman–Crippen LogP) is 1.98. The van der Waals surface area contributed by atoms with Crippen molar-refractivity contribution in [3.05, 3.63) is 12.2 Å². The summed E-state index contributed by atoms with van der Waals surface area (Å²) in [7, 11) is 0. The molecule has 2 heterocycles. The third-order valence-corrected chi connectivity index (χ3v) is 4.12. The van der Waals surface area contributed by atoms with Crippen molar-refractivity contribution in [3.8, 4) is 0 Å². The van der Waals surface area contributed by atoms with Gasteiger partial charge in [-0.2, -0.15) is 0 Å². The maximum atomic E-state index is 4.15. The minimum Gasteiger partial charge on any atom is -0.298 e. The topological polar surface area (TPSA) is 6.48 Å². The number of piperazine rings is 1. The second kappa shape index (κ2) is 4.26. The molecule has 2 fully saturated rings. The van der Waals surface area contributed by atoms with Gasteiger partial charge in [0.15, 0.2) is 0 Å². The predicted molar refractivity (Wildman–Crippen MR) is 65.0 cm³/mol. The van der Waals surface area contributed by atoms with E-state index in [4.69, 9.17) is 0 Å². The third-order valence-electron chi connectivity index (χ3n) is 4.12. The van der Waals surface area contributed by atoms with Crippen LogP contribution < -0.4 is 0 Å². The van der Waals surface area contributed by atoms with Gasteiger partial charge >= 0.3 is 0 Å². The van der Waals surface area contributed by atoms with Crippen molar-refractivity contribution in [2.24, 2.45) is 5.92 Å². The van der Waals surface area contributed by atoms with Gasteiger partial charge in [0.2, 0.25) is 0 Å². The summed E-state index contributed by atoms with van der Waals surface area (Å²) in [6.45, 7) is 16.0. The van der Waals surface area contributed by atoms with Crippen molar-refractivity contribution in [2.75, 3.05) is 26.2 Å². The zero-order valence-electron chi connectivity index (χ0n) is 10.4. The molecular weight excluding hydrogens is 184 g/mol. The smallest absolute Gasteiger partial charge is 0.0289 e. The lowest BCUT2D eigenvalue weighted by Crippen LogP contribution is -2.53. The molecule has 0 aliphatic carbocycles. The summed E-state index contributed by atoms with van der Waals surface area (Å²) in [6, 6.07) is 1.44. The maximum Gasteiger partial charge on any atom is 0.0289 e. The van der Waals surface area contributed by atoms with Crippen molar-refractivity contribution in [1.29, 1.82) is 0 Å². The second-order valence-corrected chi connectivity index (χ2v) is 5.43. The average Bonchev–Trinajstić information content (AvgIpc) is 2.59. The lowest BCUT2D eigenvalue weighted by molar-refractivity contribution is 0.0727. The Morgan fingerprint density at radius 1 is 1.27 bits per heavy atom. The fourth-order valence-corrected chi connectivity index (χ4v) is 3.07. The molecule has 0 radical (unpaired) electrons. The van der Waals surface area contributed by atoms with Gasteiger partial charge < -0.3 is 0 Å². The first-order chi connectivity index (χ1) is 7.09. The highest BCUT2D eigenvalue weighted by atomic mass is 15.3. The minimum absolute atomic E-state index is 0.693. The normalized spacial score (nSPS) is 33.3. The van der Waals surface area contributed by atoms with Crippen LogP contribution in [-0.4, -0.2) is 48.1 Å². The van der Waals surface area contributed by atoms with Crippen LogP contribution >= 0.6 is 0 Å². The first-order valence-electron chi connectivity index (χ1n) is 6.23. The van der Waals surface area contributed by atoms with Gasteiger partial charge in [0.25, 0.3) is 0 Å². The molecule has 2 unspecified atom stereocenters. The zero-order valence-corrected chi connectivity index (χ0v) is 10.4. The van der Waals surface area contributed by atoms with Crippen molar-refractivity contribution in [2.45, 2.75) is 39.3 Å². The molecule has 0 amide bonds. The molecular formula is C13H24N2. The van der Waals surface area contributed by atoms with Gasteiger partial charge in [-0.3, -0.25) is 9.80 Å². The minimum atomic E-state index is 0.693. The molecule has 0 N–H and O–H groups in total. The van der Waals surface area contributed by atoms with Crippen molar-refractivity contribution >= 4 is 0 Å². The van der Waals surface area contributed by atoms with E-state index in [0.717, 1.165) is 12.0 Å². The van der Waals surface area contributed by atoms with Crippen LogP contribution in [0, 0.1) is 5.92 Å². The number of hydrogen-bond donors (Lipinski definition) is 0. The van der Waals surface area contributed by atoms with Crippen LogP contribution in [0.1, 0.15) is 27.2 Å². The monoisotopic (exact) mass is 208 g/mol. The van der Waals surface area contributed by atoms with Crippen molar-refractivity contribution in [1.82, 2.24) is 9.80 Å². The first-order valence-corrected chi connectivity index (χ1v) is 6.23. The number of nitrogens with zero attached hydrogens (tertiary/aromatic N) is 2. The number of rotatable bonds is 2. The van der Waals surface area contributed by atoms with Crippen molar-refractivity contribution in [3.63, 3.8) is 0 Å². The fraction of sp³-hybridized carbons (Fsp3) is 0.846. The summed E-state index contributed by atoms with van der Waals surface area (Å²) in [6.07, 6.45) is 1.33. The SMILES string of the molecule is C=C(C)C1CCN2CCN(C(C)C)CC12. The van der Waals surface area contributed by atoms with Gasteiger partial charge in [-0.1, -0.05) is 12.2 Å². The Labute approximate surface area is 93.9 Å². The van der Waals surface area contributed by atoms with Crippen LogP contribution in [0.15, 0.2) is 12.2 Å². The summed E-state index contributed by atoms with van der Waals surface area (Å²) in [5.41, 5.74) is 1.38. The molecule has 2 heteroatoms. The van der Waals surface area contributed by atoms with E-state index in [0.29, 0.717) is 6.04 Å². The summed E-state index contributed by atoms with van der Waals surface area (Å²) in [5.74, 6) is 0.742. The molecule has 0 saturated carbocycles. The van der Waals surface area contributed by atoms with Crippen LogP contribution in [0.25, 0.3) is 0 Å². The highest BCUT2D eigenvalue weighted by molar-refractivity contribution is 5.07. The van der Waals surface area contributed by atoms with Gasteiger partial charge in [-0.05, 0) is 39.7 Å². The second-order valence-electron chi connectivity index (χ2n) is 5.43. The summed E-state index contributed by atoms with van der Waals surface area (Å²) in [4.78, 5) is 5.28. The molecule has 2 saturated heterocycles. The Morgan fingerprint density at radius 2 is 2.00 bits per heavy atom. The molecule has 0 aromatic rings. The van der Waals surface area contributed by atoms with E-state index in [1.807, 2.05) is 0 Å². The van der Waals surface area contributed by atoms with E-state index in [1.54, 1.807) is 0 Å². The molecule has 15 heavy (non-hydrogen) atoms. The quantitative estimate of drug-likeness (QED) is 0.640. The van der Waals surface area contributed by atoms with Gasteiger partial charge in [0.1, 0.15) is 0 Å². The molecule has 2 rings (SSSR count). The van der Waals surface area contributed by atoms with Crippen LogP contribution in [-0.2, 0) is 0 Å². The Kier molecular flexibility index (Phi) is 3.17. The van der Waals surface area contributed by atoms with Gasteiger partial charge in [-0.15, -0.1) is 0 Å². The molecule has 0 spiro atoms. The summed E-state index contributed by atoms with van der Waals surface area (Å²) in [5, 5.41) is 0. The Balaban J connectivity index is 2.04. The third kappa shape index (κ3) is 2.11. The number of hydrogen-bond acceptors (Lipinski definition) is 2. The van der Waals surface area contributed by atoms with E-state index < -0.39 is 0 Å². The van der Waals surface area contributed by atoms with Crippen LogP contribution in [0.4, 0.5) is 0 Å². The highest BCUT2D eigenvalue weighted by Crippen LogP contribution is 2.32. The van der Waals surface area contributed by atoms with Crippen LogP contribution in [0.3, 0.4) is 0 Å². The van der Waals surface area contributed by atoms with Crippen LogP contribution in [0.2, 0.25) is 0 Å². The van der Waals surface area contributed by atoms with E-state index in [9.17, 15) is 0 Å². The molecule has 2 atom stereocenters. The number of fused-ring (bicyclic) bond motifs is 1. The lowest BCUT2D eigenvalue weighted by Gasteiger charge is -2.41. The molecule has 86 valence electrons. The standard InChI is InChI=1S/C13H24N2/c1-10(2)12-5-6-14-7-8-15(11(3)4)9-13(12)14/h11-13H,1,5-9H2,2-4H3. The molecule has 0 bridgehead atoms. The largest absolute Gasteiger partial charge is 0.298 e. The molecule has 0 aromatic heterocycles. The van der Waals surface area contributed by atoms with Crippen LogP contribution in [0.5, 0.6) is 0 Å². The Hall–Kier alpha value is -0.340. The van der Waals surface area contributed by atoms with Gasteiger partial charge in [-0.25, -0.2) is 0 Å². The maximum absolute atomic E-state index is 4.15. The molecule has 2 aliphatic rings. The molecule has 2 nitrogen and oxygen atoms in total. The highest BCUT2D eigenvalue weighted by Gasteiger charge is 2.38. The average molecular weight is 208 g/mol. The van der Waals surface area contributed by atoms with E-state index in [-0.39, 0.29) is 0 Å². The van der Waals surface area contributed by atoms with Gasteiger partial charge in [0.05, 0.1) is 0 Å². The van der Waals surface area contributed by atoms with Crippen molar-refractivity contribution < 1.29 is 0 Å². The molecule has 2 aliphatic heterocycles. The van der Waals surface area contributed by atoms with E-state index >= 15 is 0 Å². The Morgan fingerprint density at radius 3 is 2.60 bits per heavy atom. The Bertz CT molecular complexity index is 247. The zero-order chi connectivity index (χ0) is 11.0. The lowest BCUT2D eigenvalue weighted by atomic mass is 9.92. The first kappa shape index (κ1) is 11.2. The summed E-state index contributed by atoms with van der Waals surface area (Å²) < 4.78 is 0. The van der Waals surface area contributed by atoms with E-state index in [1.165, 1.54) is 38.2 Å². The molecule has 0 aromatic carbocycles. The van der Waals surface area contributed by atoms with E-state index in [2.05, 4.69) is 37.1 Å². The summed E-state index contributed by atoms with van der Waals surface area (Å²) >= 11 is 0. The fourth-order valence-electron chi connectivity index (χ4n) is 3.07.